The van der Waals surface area contributed by atoms with Crippen LogP contribution in [0.1, 0.15) is 130 Å². The molecular weight excluding hydrogens is 400 g/mol. The molecule has 1 fully saturated rings. The highest BCUT2D eigenvalue weighted by molar-refractivity contribution is 5.76. The molecular formula is C28H52O4. The maximum atomic E-state index is 12.4. The van der Waals surface area contributed by atoms with Gasteiger partial charge in [-0.05, 0) is 43.9 Å². The van der Waals surface area contributed by atoms with Crippen LogP contribution in [0.2, 0.25) is 0 Å². The van der Waals surface area contributed by atoms with Crippen molar-refractivity contribution in [2.24, 2.45) is 23.7 Å². The summed E-state index contributed by atoms with van der Waals surface area (Å²) in [6, 6.07) is 0. The second kappa shape index (κ2) is 18.4. The molecule has 188 valence electrons. The zero-order valence-corrected chi connectivity index (χ0v) is 21.7. The van der Waals surface area contributed by atoms with Crippen LogP contribution in [-0.4, -0.2) is 25.2 Å². The summed E-state index contributed by atoms with van der Waals surface area (Å²) < 4.78 is 11.0. The van der Waals surface area contributed by atoms with Gasteiger partial charge in [0.2, 0.25) is 0 Å². The molecule has 2 atom stereocenters. The molecule has 0 aliphatic heterocycles. The van der Waals surface area contributed by atoms with Crippen molar-refractivity contribution in [3.8, 4) is 0 Å². The second-order valence-electron chi connectivity index (χ2n) is 10.8. The standard InChI is InChI=1S/C28H52O4/c1-23(2)16-11-7-5-6-9-13-20-31-27(29)25-18-15-19-26(22-25)28(30)32-21-14-10-8-12-17-24(3)4/h23-26H,5-22H2,1-4H3. The molecule has 1 saturated carbocycles. The molecule has 0 radical (unpaired) electrons. The molecule has 0 amide bonds. The van der Waals surface area contributed by atoms with Gasteiger partial charge >= 0.3 is 11.9 Å². The van der Waals surface area contributed by atoms with Crippen LogP contribution >= 0.6 is 0 Å². The summed E-state index contributed by atoms with van der Waals surface area (Å²) in [4.78, 5) is 24.9. The number of unbranched alkanes of at least 4 members (excludes halogenated alkanes) is 8. The van der Waals surface area contributed by atoms with Gasteiger partial charge in [0.05, 0.1) is 25.0 Å². The van der Waals surface area contributed by atoms with Gasteiger partial charge in [0.25, 0.3) is 0 Å². The molecule has 1 aliphatic rings. The van der Waals surface area contributed by atoms with Crippen LogP contribution in [0.3, 0.4) is 0 Å². The highest BCUT2D eigenvalue weighted by atomic mass is 16.5. The van der Waals surface area contributed by atoms with Crippen molar-refractivity contribution in [1.82, 2.24) is 0 Å². The van der Waals surface area contributed by atoms with Gasteiger partial charge < -0.3 is 9.47 Å². The number of carbonyl (C=O) groups excluding carboxylic acids is 2. The fourth-order valence-electron chi connectivity index (χ4n) is 4.57. The van der Waals surface area contributed by atoms with Gasteiger partial charge in [-0.1, -0.05) is 98.3 Å². The number of rotatable bonds is 18. The fourth-order valence-corrected chi connectivity index (χ4v) is 4.57. The van der Waals surface area contributed by atoms with Crippen molar-refractivity contribution in [2.75, 3.05) is 13.2 Å². The molecule has 0 N–H and O–H groups in total. The minimum atomic E-state index is -0.131. The van der Waals surface area contributed by atoms with E-state index in [1.807, 2.05) is 0 Å². The first-order valence-corrected chi connectivity index (χ1v) is 13.7. The molecule has 1 rings (SSSR count). The molecule has 4 heteroatoms. The van der Waals surface area contributed by atoms with E-state index in [0.29, 0.717) is 19.6 Å². The predicted molar refractivity (Wildman–Crippen MR) is 132 cm³/mol. The normalized spacial score (nSPS) is 18.8. The van der Waals surface area contributed by atoms with Crippen LogP contribution < -0.4 is 0 Å². The maximum absolute atomic E-state index is 12.4. The number of ether oxygens (including phenoxy) is 2. The molecule has 0 bridgehead atoms. The van der Waals surface area contributed by atoms with E-state index in [2.05, 4.69) is 27.7 Å². The Kier molecular flexibility index (Phi) is 16.6. The van der Waals surface area contributed by atoms with E-state index in [4.69, 9.17) is 9.47 Å². The molecule has 0 spiro atoms. The summed E-state index contributed by atoms with van der Waals surface area (Å²) in [6.45, 7) is 10.1. The fraction of sp³-hybridized carbons (Fsp3) is 0.929. The highest BCUT2D eigenvalue weighted by Gasteiger charge is 2.32. The summed E-state index contributed by atoms with van der Waals surface area (Å²) in [5, 5.41) is 0. The van der Waals surface area contributed by atoms with Gasteiger partial charge in [-0.2, -0.15) is 0 Å². The lowest BCUT2D eigenvalue weighted by atomic mass is 9.81. The summed E-state index contributed by atoms with van der Waals surface area (Å²) in [6.07, 6.45) is 17.6. The molecule has 4 nitrogen and oxygen atoms in total. The smallest absolute Gasteiger partial charge is 0.308 e. The highest BCUT2D eigenvalue weighted by Crippen LogP contribution is 2.31. The summed E-state index contributed by atoms with van der Waals surface area (Å²) in [5.41, 5.74) is 0. The number of esters is 2. The Morgan fingerprint density at radius 1 is 0.625 bits per heavy atom. The zero-order valence-electron chi connectivity index (χ0n) is 21.7. The number of carbonyl (C=O) groups is 2. The van der Waals surface area contributed by atoms with E-state index in [9.17, 15) is 9.59 Å². The van der Waals surface area contributed by atoms with Crippen molar-refractivity contribution in [1.29, 1.82) is 0 Å². The van der Waals surface area contributed by atoms with E-state index >= 15 is 0 Å². The van der Waals surface area contributed by atoms with Crippen molar-refractivity contribution in [3.63, 3.8) is 0 Å². The summed E-state index contributed by atoms with van der Waals surface area (Å²) >= 11 is 0. The monoisotopic (exact) mass is 452 g/mol. The van der Waals surface area contributed by atoms with Crippen LogP contribution in [0.5, 0.6) is 0 Å². The van der Waals surface area contributed by atoms with E-state index in [-0.39, 0.29) is 23.8 Å². The van der Waals surface area contributed by atoms with Gasteiger partial charge in [0.1, 0.15) is 0 Å². The third-order valence-corrected chi connectivity index (χ3v) is 6.68. The Bertz CT molecular complexity index is 486. The van der Waals surface area contributed by atoms with Crippen LogP contribution in [0.15, 0.2) is 0 Å². The maximum Gasteiger partial charge on any atom is 0.308 e. The van der Waals surface area contributed by atoms with E-state index in [0.717, 1.165) is 56.8 Å². The van der Waals surface area contributed by atoms with Crippen LogP contribution in [0, 0.1) is 23.7 Å². The Morgan fingerprint density at radius 2 is 1.00 bits per heavy atom. The Hall–Kier alpha value is -1.06. The first-order chi connectivity index (χ1) is 15.4. The Morgan fingerprint density at radius 3 is 1.41 bits per heavy atom. The third kappa shape index (κ3) is 14.9. The van der Waals surface area contributed by atoms with Crippen LogP contribution in [0.4, 0.5) is 0 Å². The first kappa shape index (κ1) is 29.0. The van der Waals surface area contributed by atoms with Gasteiger partial charge in [0.15, 0.2) is 0 Å². The van der Waals surface area contributed by atoms with Crippen molar-refractivity contribution in [3.05, 3.63) is 0 Å². The minimum Gasteiger partial charge on any atom is -0.465 e. The first-order valence-electron chi connectivity index (χ1n) is 13.7. The topological polar surface area (TPSA) is 52.6 Å². The average molecular weight is 453 g/mol. The van der Waals surface area contributed by atoms with Gasteiger partial charge in [-0.25, -0.2) is 0 Å². The Labute approximate surface area is 198 Å². The molecule has 0 aromatic heterocycles. The largest absolute Gasteiger partial charge is 0.465 e. The summed E-state index contributed by atoms with van der Waals surface area (Å²) in [5.74, 6) is 1.09. The van der Waals surface area contributed by atoms with Crippen LogP contribution in [0.25, 0.3) is 0 Å². The molecule has 32 heavy (non-hydrogen) atoms. The number of hydrogen-bond donors (Lipinski definition) is 0. The third-order valence-electron chi connectivity index (χ3n) is 6.68. The van der Waals surface area contributed by atoms with Gasteiger partial charge in [-0.15, -0.1) is 0 Å². The van der Waals surface area contributed by atoms with E-state index in [1.54, 1.807) is 0 Å². The van der Waals surface area contributed by atoms with Crippen molar-refractivity contribution < 1.29 is 19.1 Å². The van der Waals surface area contributed by atoms with Gasteiger partial charge in [0, 0.05) is 0 Å². The molecule has 1 aliphatic carbocycles. The Balaban J connectivity index is 2.08. The molecule has 0 heterocycles. The lowest BCUT2D eigenvalue weighted by Gasteiger charge is -2.26. The predicted octanol–water partition coefficient (Wildman–Crippen LogP) is 7.87. The number of hydrogen-bond acceptors (Lipinski definition) is 4. The quantitative estimate of drug-likeness (QED) is 0.157. The van der Waals surface area contributed by atoms with Crippen molar-refractivity contribution in [2.45, 2.75) is 130 Å². The molecule has 0 saturated heterocycles. The minimum absolute atomic E-state index is 0.107. The molecule has 0 aromatic carbocycles. The molecule has 2 unspecified atom stereocenters. The lowest BCUT2D eigenvalue weighted by molar-refractivity contribution is -0.155. The van der Waals surface area contributed by atoms with E-state index in [1.165, 1.54) is 51.4 Å². The SMILES string of the molecule is CC(C)CCCCCCCCOC(=O)C1CCCC(C(=O)OCCCCCCC(C)C)C1. The zero-order chi connectivity index (χ0) is 23.6. The van der Waals surface area contributed by atoms with E-state index < -0.39 is 0 Å². The average Bonchev–Trinajstić information content (AvgIpc) is 2.76. The van der Waals surface area contributed by atoms with Gasteiger partial charge in [-0.3, -0.25) is 9.59 Å². The second-order valence-corrected chi connectivity index (χ2v) is 10.8. The van der Waals surface area contributed by atoms with Crippen molar-refractivity contribution >= 4 is 11.9 Å². The van der Waals surface area contributed by atoms with Crippen LogP contribution in [-0.2, 0) is 19.1 Å². The summed E-state index contributed by atoms with van der Waals surface area (Å²) in [7, 11) is 0. The molecule has 0 aromatic rings. The lowest BCUT2D eigenvalue weighted by Crippen LogP contribution is -2.30.